The van der Waals surface area contributed by atoms with Crippen LogP contribution >= 0.6 is 23.2 Å². The van der Waals surface area contributed by atoms with Crippen LogP contribution in [-0.4, -0.2) is 25.5 Å². The van der Waals surface area contributed by atoms with E-state index in [1.165, 1.54) is 24.3 Å². The lowest BCUT2D eigenvalue weighted by atomic mass is 10.2. The summed E-state index contributed by atoms with van der Waals surface area (Å²) >= 11 is 12.2. The lowest BCUT2D eigenvalue weighted by Crippen LogP contribution is -2.15. The number of anilines is 1. The molecule has 142 valence electrons. The molecule has 1 N–H and O–H groups in total. The number of halogens is 2. The number of hydrogen-bond acceptors (Lipinski definition) is 4. The van der Waals surface area contributed by atoms with Crippen molar-refractivity contribution in [2.45, 2.75) is 11.8 Å². The van der Waals surface area contributed by atoms with Crippen LogP contribution in [-0.2, 0) is 21.3 Å². The summed E-state index contributed by atoms with van der Waals surface area (Å²) in [5, 5.41) is 4.20. The van der Waals surface area contributed by atoms with Crippen molar-refractivity contribution in [3.63, 3.8) is 0 Å². The minimum atomic E-state index is -3.78. The third kappa shape index (κ3) is 3.82. The number of nitrogens with zero attached hydrogens (tertiary/aromatic N) is 1. The Kier molecular flexibility index (Phi) is 5.48. The van der Waals surface area contributed by atoms with Gasteiger partial charge < -0.3 is 9.88 Å². The molecular formula is C18H16Cl2N2O4S. The smallest absolute Gasteiger partial charge is 0.296 e. The molecule has 1 amide bonds. The van der Waals surface area contributed by atoms with Gasteiger partial charge in [0.25, 0.3) is 16.0 Å². The largest absolute Gasteiger partial charge is 0.340 e. The Morgan fingerprint density at radius 1 is 1.15 bits per heavy atom. The number of benzene rings is 2. The molecule has 0 saturated heterocycles. The van der Waals surface area contributed by atoms with Crippen LogP contribution in [0.5, 0.6) is 0 Å². The van der Waals surface area contributed by atoms with E-state index in [-0.39, 0.29) is 17.4 Å². The number of nitrogens with one attached hydrogen (secondary N) is 1. The summed E-state index contributed by atoms with van der Waals surface area (Å²) in [5.74, 6) is -0.360. The third-order valence-corrected chi connectivity index (χ3v) is 6.23. The predicted molar refractivity (Wildman–Crippen MR) is 106 cm³/mol. The van der Waals surface area contributed by atoms with Crippen molar-refractivity contribution < 1.29 is 17.4 Å². The molecule has 9 heteroatoms. The van der Waals surface area contributed by atoms with Crippen molar-refractivity contribution in [2.24, 2.45) is 7.05 Å². The summed E-state index contributed by atoms with van der Waals surface area (Å²) in [4.78, 5) is 12.7. The highest BCUT2D eigenvalue weighted by molar-refractivity contribution is 7.86. The summed E-state index contributed by atoms with van der Waals surface area (Å²) in [6, 6.07) is 10.9. The average molecular weight is 427 g/mol. The van der Waals surface area contributed by atoms with Crippen LogP contribution in [0.3, 0.4) is 0 Å². The van der Waals surface area contributed by atoms with Gasteiger partial charge in [0, 0.05) is 23.6 Å². The molecule has 0 bridgehead atoms. The first-order chi connectivity index (χ1) is 12.7. The number of carbonyl (C=O) groups is 1. The number of hydrogen-bond donors (Lipinski definition) is 1. The summed E-state index contributed by atoms with van der Waals surface area (Å²) < 4.78 is 30.2. The first-order valence-corrected chi connectivity index (χ1v) is 10.2. The Morgan fingerprint density at radius 2 is 1.81 bits per heavy atom. The standard InChI is InChI=1S/C18H16Cl2N2O4S/c1-3-26-27(24,25)12-6-4-11(5-7-12)21-18(23)16-10-13-15(22(16)2)9-8-14(19)17(13)20/h4-10H,3H2,1-2H3,(H,21,23). The Hall–Kier alpha value is -2.06. The molecule has 6 nitrogen and oxygen atoms in total. The zero-order chi connectivity index (χ0) is 19.8. The molecule has 0 saturated carbocycles. The zero-order valence-corrected chi connectivity index (χ0v) is 16.8. The SMILES string of the molecule is CCOS(=O)(=O)c1ccc(NC(=O)c2cc3c(Cl)c(Cl)ccc3n2C)cc1. The molecule has 0 fully saturated rings. The van der Waals surface area contributed by atoms with Gasteiger partial charge in [0.15, 0.2) is 0 Å². The van der Waals surface area contributed by atoms with E-state index in [4.69, 9.17) is 27.4 Å². The van der Waals surface area contributed by atoms with Gasteiger partial charge in [-0.15, -0.1) is 0 Å². The molecule has 0 aliphatic rings. The van der Waals surface area contributed by atoms with Gasteiger partial charge in [-0.1, -0.05) is 23.2 Å². The fraction of sp³-hybridized carbons (Fsp3) is 0.167. The van der Waals surface area contributed by atoms with E-state index in [1.807, 2.05) is 0 Å². The van der Waals surface area contributed by atoms with Crippen LogP contribution in [0.2, 0.25) is 10.0 Å². The highest BCUT2D eigenvalue weighted by Gasteiger charge is 2.17. The maximum atomic E-state index is 12.6. The van der Waals surface area contributed by atoms with Crippen molar-refractivity contribution in [1.29, 1.82) is 0 Å². The van der Waals surface area contributed by atoms with Crippen LogP contribution in [0.15, 0.2) is 47.4 Å². The van der Waals surface area contributed by atoms with E-state index in [1.54, 1.807) is 36.7 Å². The van der Waals surface area contributed by atoms with Crippen LogP contribution < -0.4 is 5.32 Å². The predicted octanol–water partition coefficient (Wildman–Crippen LogP) is 4.46. The average Bonchev–Trinajstić information content (AvgIpc) is 2.96. The molecule has 1 heterocycles. The van der Waals surface area contributed by atoms with Gasteiger partial charge in [-0.25, -0.2) is 0 Å². The van der Waals surface area contributed by atoms with Crippen molar-refractivity contribution in [1.82, 2.24) is 4.57 Å². The molecule has 0 radical (unpaired) electrons. The molecule has 0 spiro atoms. The van der Waals surface area contributed by atoms with Crippen molar-refractivity contribution >= 4 is 55.8 Å². The molecule has 3 aromatic rings. The molecular weight excluding hydrogens is 411 g/mol. The van der Waals surface area contributed by atoms with E-state index < -0.39 is 10.1 Å². The van der Waals surface area contributed by atoms with Gasteiger partial charge in [0.05, 0.1) is 21.5 Å². The number of amides is 1. The minimum absolute atomic E-state index is 0.0216. The summed E-state index contributed by atoms with van der Waals surface area (Å²) in [6.45, 7) is 1.64. The van der Waals surface area contributed by atoms with E-state index in [0.29, 0.717) is 26.8 Å². The van der Waals surface area contributed by atoms with Gasteiger partial charge >= 0.3 is 0 Å². The molecule has 2 aromatic carbocycles. The highest BCUT2D eigenvalue weighted by atomic mass is 35.5. The Labute approximate surface area is 166 Å². The Balaban J connectivity index is 1.87. The number of carbonyl (C=O) groups excluding carboxylic acids is 1. The molecule has 0 atom stereocenters. The zero-order valence-electron chi connectivity index (χ0n) is 14.5. The van der Waals surface area contributed by atoms with Gasteiger partial charge in [-0.2, -0.15) is 8.42 Å². The van der Waals surface area contributed by atoms with E-state index in [9.17, 15) is 13.2 Å². The lowest BCUT2D eigenvalue weighted by molar-refractivity contribution is 0.101. The second-order valence-corrected chi connectivity index (χ2v) is 8.12. The fourth-order valence-electron chi connectivity index (χ4n) is 2.69. The van der Waals surface area contributed by atoms with Crippen LogP contribution in [0.25, 0.3) is 10.9 Å². The minimum Gasteiger partial charge on any atom is -0.340 e. The summed E-state index contributed by atoms with van der Waals surface area (Å²) in [5.41, 5.74) is 1.61. The van der Waals surface area contributed by atoms with Crippen LogP contribution in [0.1, 0.15) is 17.4 Å². The Morgan fingerprint density at radius 3 is 2.44 bits per heavy atom. The maximum Gasteiger partial charge on any atom is 0.296 e. The Bertz CT molecular complexity index is 1120. The third-order valence-electron chi connectivity index (χ3n) is 4.02. The molecule has 27 heavy (non-hydrogen) atoms. The topological polar surface area (TPSA) is 77.4 Å². The van der Waals surface area contributed by atoms with Crippen molar-refractivity contribution in [3.8, 4) is 0 Å². The molecule has 0 aliphatic carbocycles. The molecule has 0 aliphatic heterocycles. The van der Waals surface area contributed by atoms with Gasteiger partial charge in [-0.05, 0) is 49.4 Å². The monoisotopic (exact) mass is 426 g/mol. The van der Waals surface area contributed by atoms with Gasteiger partial charge in [-0.3, -0.25) is 8.98 Å². The highest BCUT2D eigenvalue weighted by Crippen LogP contribution is 2.32. The second kappa shape index (κ2) is 7.52. The van der Waals surface area contributed by atoms with E-state index in [2.05, 4.69) is 5.32 Å². The molecule has 1 aromatic heterocycles. The van der Waals surface area contributed by atoms with E-state index in [0.717, 1.165) is 5.52 Å². The fourth-order valence-corrected chi connectivity index (χ4v) is 3.99. The number of fused-ring (bicyclic) bond motifs is 1. The molecule has 3 rings (SSSR count). The molecule has 0 unspecified atom stereocenters. The van der Waals surface area contributed by atoms with Crippen molar-refractivity contribution in [2.75, 3.05) is 11.9 Å². The van der Waals surface area contributed by atoms with Crippen LogP contribution in [0.4, 0.5) is 5.69 Å². The summed E-state index contributed by atoms with van der Waals surface area (Å²) in [7, 11) is -2.04. The first-order valence-electron chi connectivity index (χ1n) is 7.99. The quantitative estimate of drug-likeness (QED) is 0.610. The number of aryl methyl sites for hydroxylation is 1. The van der Waals surface area contributed by atoms with Crippen LogP contribution in [0, 0.1) is 0 Å². The summed E-state index contributed by atoms with van der Waals surface area (Å²) in [6.07, 6.45) is 0. The second-order valence-electron chi connectivity index (χ2n) is 5.72. The lowest BCUT2D eigenvalue weighted by Gasteiger charge is -2.08. The number of aromatic nitrogens is 1. The van der Waals surface area contributed by atoms with Gasteiger partial charge in [0.1, 0.15) is 5.69 Å². The maximum absolute atomic E-state index is 12.6. The normalized spacial score (nSPS) is 11.7. The van der Waals surface area contributed by atoms with Crippen molar-refractivity contribution in [3.05, 3.63) is 58.2 Å². The van der Waals surface area contributed by atoms with E-state index >= 15 is 0 Å². The first kappa shape index (κ1) is 19.7. The number of rotatable bonds is 5. The van der Waals surface area contributed by atoms with Gasteiger partial charge in [0.2, 0.25) is 0 Å².